The van der Waals surface area contributed by atoms with Crippen LogP contribution in [0.3, 0.4) is 0 Å². The Morgan fingerprint density at radius 2 is 1.94 bits per heavy atom. The number of carboxylic acid groups (broad SMARTS) is 1. The Morgan fingerprint density at radius 1 is 1.17 bits per heavy atom. The van der Waals surface area contributed by atoms with Gasteiger partial charge in [-0.15, -0.1) is 11.8 Å². The molecule has 0 aromatic heterocycles. The van der Waals surface area contributed by atoms with Crippen LogP contribution in [0.15, 0.2) is 64.7 Å². The van der Waals surface area contributed by atoms with Gasteiger partial charge in [-0.2, -0.15) is 13.2 Å². The molecule has 35 heavy (non-hydrogen) atoms. The number of nitrogens with zero attached hydrogens (tertiary/aromatic N) is 2. The zero-order chi connectivity index (χ0) is 25.3. The van der Waals surface area contributed by atoms with E-state index in [4.69, 9.17) is 0 Å². The fourth-order valence-electron chi connectivity index (χ4n) is 4.66. The van der Waals surface area contributed by atoms with Crippen molar-refractivity contribution in [1.82, 2.24) is 9.80 Å². The van der Waals surface area contributed by atoms with Crippen molar-refractivity contribution in [3.8, 4) is 0 Å². The lowest BCUT2D eigenvalue weighted by Gasteiger charge is -2.45. The Labute approximate surface area is 205 Å². The minimum atomic E-state index is -4.39. The van der Waals surface area contributed by atoms with Crippen LogP contribution in [0.25, 0.3) is 0 Å². The van der Waals surface area contributed by atoms with E-state index in [1.807, 2.05) is 17.9 Å². The van der Waals surface area contributed by atoms with Crippen LogP contribution in [-0.2, 0) is 30.5 Å². The Hall–Kier alpha value is -2.78. The van der Waals surface area contributed by atoms with Gasteiger partial charge in [0.15, 0.2) is 0 Å². The number of fused-ring (bicyclic) bond motifs is 1. The summed E-state index contributed by atoms with van der Waals surface area (Å²) >= 11 is 1.42. The normalized spacial score (nSPS) is 19.0. The number of aliphatic carboxylic acids is 1. The van der Waals surface area contributed by atoms with Crippen LogP contribution in [0, 0.1) is 5.82 Å². The van der Waals surface area contributed by atoms with Crippen molar-refractivity contribution in [2.75, 3.05) is 12.3 Å². The number of thioether (sulfide) groups is 1. The maximum Gasteiger partial charge on any atom is 0.416 e. The predicted molar refractivity (Wildman–Crippen MR) is 128 cm³/mol. The topological polar surface area (TPSA) is 43.8 Å². The molecule has 9 heteroatoms. The summed E-state index contributed by atoms with van der Waals surface area (Å²) in [5.74, 6) is -0.752. The van der Waals surface area contributed by atoms with Crippen molar-refractivity contribution in [3.63, 3.8) is 0 Å². The summed E-state index contributed by atoms with van der Waals surface area (Å²) in [6.45, 7) is 4.93. The first-order chi connectivity index (χ1) is 16.6. The standard InChI is InChI=1S/C26H26F4N2O2S/c1-3-35-24-23(25(33)34)16(2)11-22(32(24)14-17-5-4-6-21(27)12-17)31-10-9-18-13-20(26(28,29)30)8-7-19(18)15-31/h4-8,11-13,22H,3,9-10,14-15H2,1-2H3,(H,33,34). The molecule has 0 amide bonds. The van der Waals surface area contributed by atoms with Gasteiger partial charge >= 0.3 is 12.1 Å². The maximum absolute atomic E-state index is 13.9. The molecule has 0 fully saturated rings. The van der Waals surface area contributed by atoms with Crippen LogP contribution < -0.4 is 0 Å². The number of hydrogen-bond donors (Lipinski definition) is 1. The molecule has 2 aliphatic rings. The second-order valence-electron chi connectivity index (χ2n) is 8.64. The van der Waals surface area contributed by atoms with E-state index in [1.165, 1.54) is 36.0 Å². The van der Waals surface area contributed by atoms with Gasteiger partial charge in [-0.25, -0.2) is 9.18 Å². The van der Waals surface area contributed by atoms with Gasteiger partial charge < -0.3 is 10.0 Å². The van der Waals surface area contributed by atoms with Crippen LogP contribution in [0.2, 0.25) is 0 Å². The first kappa shape index (κ1) is 25.3. The average molecular weight is 507 g/mol. The Bertz CT molecular complexity index is 1190. The van der Waals surface area contributed by atoms with Crippen molar-refractivity contribution in [2.45, 2.75) is 45.7 Å². The Morgan fingerprint density at radius 3 is 2.60 bits per heavy atom. The van der Waals surface area contributed by atoms with Gasteiger partial charge in [0.1, 0.15) is 12.0 Å². The zero-order valence-corrected chi connectivity index (χ0v) is 20.2. The van der Waals surface area contributed by atoms with Crippen LogP contribution in [-0.4, -0.2) is 39.3 Å². The highest BCUT2D eigenvalue weighted by molar-refractivity contribution is 8.03. The average Bonchev–Trinajstić information content (AvgIpc) is 2.79. The quantitative estimate of drug-likeness (QED) is 0.484. The van der Waals surface area contributed by atoms with Gasteiger partial charge in [-0.1, -0.05) is 25.1 Å². The van der Waals surface area contributed by atoms with E-state index >= 15 is 0 Å². The second kappa shape index (κ2) is 10.1. The molecule has 2 aromatic rings. The smallest absolute Gasteiger partial charge is 0.416 e. The highest BCUT2D eigenvalue weighted by atomic mass is 32.2. The number of alkyl halides is 3. The molecule has 186 valence electrons. The maximum atomic E-state index is 13.9. The van der Waals surface area contributed by atoms with Crippen molar-refractivity contribution in [2.24, 2.45) is 0 Å². The number of benzene rings is 2. The molecular weight excluding hydrogens is 480 g/mol. The third kappa shape index (κ3) is 5.41. The van der Waals surface area contributed by atoms with Gasteiger partial charge in [-0.05, 0) is 71.7 Å². The summed E-state index contributed by atoms with van der Waals surface area (Å²) in [4.78, 5) is 16.3. The van der Waals surface area contributed by atoms with E-state index in [1.54, 1.807) is 19.1 Å². The molecule has 0 bridgehead atoms. The van der Waals surface area contributed by atoms with E-state index in [0.29, 0.717) is 53.5 Å². The van der Waals surface area contributed by atoms with Crippen molar-refractivity contribution in [3.05, 3.63) is 92.8 Å². The largest absolute Gasteiger partial charge is 0.478 e. The monoisotopic (exact) mass is 506 g/mol. The zero-order valence-electron chi connectivity index (χ0n) is 19.4. The fraction of sp³-hybridized carbons (Fsp3) is 0.346. The van der Waals surface area contributed by atoms with Gasteiger partial charge in [0, 0.05) is 19.6 Å². The van der Waals surface area contributed by atoms with Crippen LogP contribution in [0.4, 0.5) is 17.6 Å². The molecule has 4 nitrogen and oxygen atoms in total. The summed E-state index contributed by atoms with van der Waals surface area (Å²) in [6.07, 6.45) is -2.38. The molecular formula is C26H26F4N2O2S. The van der Waals surface area contributed by atoms with Crippen LogP contribution in [0.5, 0.6) is 0 Å². The SMILES string of the molecule is CCSC1=C(C(=O)O)C(C)=CC(N2CCc3cc(C(F)(F)F)ccc3C2)N1Cc1cccc(F)c1. The number of rotatable bonds is 6. The summed E-state index contributed by atoms with van der Waals surface area (Å²) in [7, 11) is 0. The minimum absolute atomic E-state index is 0.219. The lowest BCUT2D eigenvalue weighted by Crippen LogP contribution is -2.50. The van der Waals surface area contributed by atoms with Gasteiger partial charge in [0.05, 0.1) is 16.2 Å². The molecule has 0 saturated carbocycles. The molecule has 0 spiro atoms. The van der Waals surface area contributed by atoms with E-state index in [-0.39, 0.29) is 17.6 Å². The molecule has 2 aromatic carbocycles. The summed E-state index contributed by atoms with van der Waals surface area (Å²) in [6, 6.07) is 10.1. The number of carboxylic acids is 1. The van der Waals surface area contributed by atoms with Crippen LogP contribution >= 0.6 is 11.8 Å². The number of hydrogen-bond acceptors (Lipinski definition) is 4. The third-order valence-electron chi connectivity index (χ3n) is 6.27. The second-order valence-corrected chi connectivity index (χ2v) is 9.89. The van der Waals surface area contributed by atoms with Gasteiger partial charge in [0.2, 0.25) is 0 Å². The van der Waals surface area contributed by atoms with Crippen LogP contribution in [0.1, 0.15) is 36.1 Å². The first-order valence-corrected chi connectivity index (χ1v) is 12.3. The van der Waals surface area contributed by atoms with Crippen molar-refractivity contribution in [1.29, 1.82) is 0 Å². The molecule has 1 N–H and O–H groups in total. The molecule has 0 radical (unpaired) electrons. The summed E-state index contributed by atoms with van der Waals surface area (Å²) < 4.78 is 53.4. The predicted octanol–water partition coefficient (Wildman–Crippen LogP) is 6.04. The Balaban J connectivity index is 1.71. The minimum Gasteiger partial charge on any atom is -0.478 e. The molecule has 1 unspecified atom stereocenters. The molecule has 0 aliphatic carbocycles. The molecule has 4 rings (SSSR count). The molecule has 0 saturated heterocycles. The van der Waals surface area contributed by atoms with E-state index in [0.717, 1.165) is 11.6 Å². The lowest BCUT2D eigenvalue weighted by atomic mass is 9.95. The lowest BCUT2D eigenvalue weighted by molar-refractivity contribution is -0.137. The molecule has 2 heterocycles. The van der Waals surface area contributed by atoms with E-state index in [2.05, 4.69) is 4.90 Å². The van der Waals surface area contributed by atoms with E-state index < -0.39 is 17.7 Å². The highest BCUT2D eigenvalue weighted by Crippen LogP contribution is 2.39. The number of halogens is 4. The highest BCUT2D eigenvalue weighted by Gasteiger charge is 2.36. The van der Waals surface area contributed by atoms with E-state index in [9.17, 15) is 27.5 Å². The third-order valence-corrected chi connectivity index (χ3v) is 7.27. The molecule has 1 atom stereocenters. The van der Waals surface area contributed by atoms with Crippen molar-refractivity contribution >= 4 is 17.7 Å². The molecule has 2 aliphatic heterocycles. The van der Waals surface area contributed by atoms with Gasteiger partial charge in [-0.3, -0.25) is 4.90 Å². The van der Waals surface area contributed by atoms with Gasteiger partial charge in [0.25, 0.3) is 0 Å². The number of carbonyl (C=O) groups is 1. The first-order valence-electron chi connectivity index (χ1n) is 11.3. The Kier molecular flexibility index (Phi) is 7.28. The van der Waals surface area contributed by atoms with Crippen molar-refractivity contribution < 1.29 is 27.5 Å². The summed E-state index contributed by atoms with van der Waals surface area (Å²) in [5, 5.41) is 10.6. The summed E-state index contributed by atoms with van der Waals surface area (Å²) in [5.41, 5.74) is 2.40. The fourth-order valence-corrected chi connectivity index (χ4v) is 5.66.